The first kappa shape index (κ1) is 14.5. The van der Waals surface area contributed by atoms with E-state index in [9.17, 15) is 0 Å². The van der Waals surface area contributed by atoms with Crippen LogP contribution in [0.25, 0.3) is 5.32 Å². The summed E-state index contributed by atoms with van der Waals surface area (Å²) >= 11 is 0. The Hall–Kier alpha value is -0.560. The molecule has 0 heterocycles. The van der Waals surface area contributed by atoms with Crippen molar-refractivity contribution in [3.05, 3.63) is 29.1 Å². The lowest BCUT2D eigenvalue weighted by Gasteiger charge is -2.47. The Kier molecular flexibility index (Phi) is 5.45. The van der Waals surface area contributed by atoms with Gasteiger partial charge in [-0.3, -0.25) is 0 Å². The lowest BCUT2D eigenvalue weighted by atomic mass is 9.75. The smallest absolute Gasteiger partial charge is 0.0204 e. The van der Waals surface area contributed by atoms with Crippen molar-refractivity contribution in [3.63, 3.8) is 0 Å². The molecule has 17 heavy (non-hydrogen) atoms. The predicted octanol–water partition coefficient (Wildman–Crippen LogP) is 5.10. The minimum atomic E-state index is 0.255. The van der Waals surface area contributed by atoms with E-state index in [0.29, 0.717) is 5.92 Å². The summed E-state index contributed by atoms with van der Waals surface area (Å²) in [4.78, 5) is 0. The van der Waals surface area contributed by atoms with Crippen molar-refractivity contribution >= 4 is 0 Å². The highest BCUT2D eigenvalue weighted by molar-refractivity contribution is 5.16. The van der Waals surface area contributed by atoms with Gasteiger partial charge in [-0.1, -0.05) is 57.4 Å². The van der Waals surface area contributed by atoms with E-state index in [1.54, 1.807) is 5.57 Å². The molecule has 0 aromatic heterocycles. The summed E-state index contributed by atoms with van der Waals surface area (Å²) in [5, 5.41) is 4.53. The SMILES string of the molecule is C[N-]C1(C)CCC(C(C)=CC=CC(C)C)CC1. The summed E-state index contributed by atoms with van der Waals surface area (Å²) in [6.45, 7) is 9.00. The van der Waals surface area contributed by atoms with Crippen LogP contribution in [0.2, 0.25) is 0 Å². The van der Waals surface area contributed by atoms with Crippen LogP contribution in [0.5, 0.6) is 0 Å². The molecule has 0 N–H and O–H groups in total. The van der Waals surface area contributed by atoms with Gasteiger partial charge in [-0.2, -0.15) is 7.05 Å². The van der Waals surface area contributed by atoms with Gasteiger partial charge < -0.3 is 5.32 Å². The van der Waals surface area contributed by atoms with E-state index in [1.807, 2.05) is 7.05 Å². The molecule has 1 aliphatic carbocycles. The van der Waals surface area contributed by atoms with E-state index >= 15 is 0 Å². The monoisotopic (exact) mass is 234 g/mol. The molecule has 0 radical (unpaired) electrons. The van der Waals surface area contributed by atoms with Gasteiger partial charge in [0.1, 0.15) is 0 Å². The van der Waals surface area contributed by atoms with E-state index in [0.717, 1.165) is 5.92 Å². The molecule has 1 saturated carbocycles. The maximum Gasteiger partial charge on any atom is -0.0204 e. The Morgan fingerprint density at radius 3 is 2.35 bits per heavy atom. The number of allylic oxidation sites excluding steroid dienone is 4. The minimum Gasteiger partial charge on any atom is -0.660 e. The largest absolute Gasteiger partial charge is 0.660 e. The summed E-state index contributed by atoms with van der Waals surface area (Å²) in [6, 6.07) is 0. The van der Waals surface area contributed by atoms with Crippen molar-refractivity contribution in [2.45, 2.75) is 58.9 Å². The normalized spacial score (nSPS) is 31.4. The van der Waals surface area contributed by atoms with Crippen LogP contribution < -0.4 is 0 Å². The summed E-state index contributed by atoms with van der Waals surface area (Å²) in [5.74, 6) is 1.43. The van der Waals surface area contributed by atoms with Crippen LogP contribution in [-0.2, 0) is 0 Å². The molecule has 0 amide bonds. The van der Waals surface area contributed by atoms with Crippen molar-refractivity contribution in [2.24, 2.45) is 11.8 Å². The molecule has 1 heteroatoms. The second-order valence-corrected chi connectivity index (χ2v) is 6.03. The molecule has 0 aliphatic heterocycles. The number of hydrogen-bond donors (Lipinski definition) is 0. The standard InChI is InChI=1S/C16H28N/c1-13(2)7-6-8-14(3)15-9-11-16(4,17-5)12-10-15/h6-8,13,15H,9-12H2,1-5H3/q-1. The average Bonchev–Trinajstić information content (AvgIpc) is 2.29. The first-order valence-corrected chi connectivity index (χ1v) is 6.93. The molecule has 0 spiro atoms. The summed E-state index contributed by atoms with van der Waals surface area (Å²) in [7, 11) is 1.97. The number of hydrogen-bond acceptors (Lipinski definition) is 0. The molecule has 0 unspecified atom stereocenters. The summed E-state index contributed by atoms with van der Waals surface area (Å²) in [6.07, 6.45) is 11.9. The highest BCUT2D eigenvalue weighted by Crippen LogP contribution is 2.39. The Morgan fingerprint density at radius 1 is 1.29 bits per heavy atom. The van der Waals surface area contributed by atoms with Crippen molar-refractivity contribution in [2.75, 3.05) is 7.05 Å². The Balaban J connectivity index is 2.48. The maximum absolute atomic E-state index is 4.53. The van der Waals surface area contributed by atoms with Gasteiger partial charge in [0.25, 0.3) is 0 Å². The Bertz CT molecular complexity index is 278. The Labute approximate surface area is 107 Å². The molecular formula is C16H28N-. The third-order valence-electron chi connectivity index (χ3n) is 4.10. The minimum absolute atomic E-state index is 0.255. The third-order valence-corrected chi connectivity index (χ3v) is 4.10. The van der Waals surface area contributed by atoms with Gasteiger partial charge in [0.15, 0.2) is 0 Å². The third kappa shape index (κ3) is 4.67. The van der Waals surface area contributed by atoms with Gasteiger partial charge in [0.05, 0.1) is 0 Å². The van der Waals surface area contributed by atoms with Crippen molar-refractivity contribution in [3.8, 4) is 0 Å². The highest BCUT2D eigenvalue weighted by atomic mass is 14.9. The fraction of sp³-hybridized carbons (Fsp3) is 0.750. The zero-order chi connectivity index (χ0) is 12.9. The lowest BCUT2D eigenvalue weighted by Crippen LogP contribution is -2.29. The molecule has 1 nitrogen and oxygen atoms in total. The van der Waals surface area contributed by atoms with E-state index in [1.165, 1.54) is 25.7 Å². The zero-order valence-corrected chi connectivity index (χ0v) is 12.2. The zero-order valence-electron chi connectivity index (χ0n) is 12.2. The van der Waals surface area contributed by atoms with E-state index in [2.05, 4.69) is 51.2 Å². The van der Waals surface area contributed by atoms with Gasteiger partial charge in [0.2, 0.25) is 0 Å². The highest BCUT2D eigenvalue weighted by Gasteiger charge is 2.23. The van der Waals surface area contributed by atoms with Crippen LogP contribution >= 0.6 is 0 Å². The molecule has 0 atom stereocenters. The molecule has 0 aromatic rings. The van der Waals surface area contributed by atoms with Gasteiger partial charge in [-0.25, -0.2) is 0 Å². The quantitative estimate of drug-likeness (QED) is 0.601. The molecule has 0 aromatic carbocycles. The fourth-order valence-corrected chi connectivity index (χ4v) is 2.48. The maximum atomic E-state index is 4.53. The van der Waals surface area contributed by atoms with Crippen molar-refractivity contribution in [1.29, 1.82) is 0 Å². The van der Waals surface area contributed by atoms with E-state index in [-0.39, 0.29) is 5.54 Å². The first-order chi connectivity index (χ1) is 7.97. The Morgan fingerprint density at radius 2 is 1.88 bits per heavy atom. The first-order valence-electron chi connectivity index (χ1n) is 6.93. The van der Waals surface area contributed by atoms with Gasteiger partial charge in [-0.05, 0) is 31.6 Å². The van der Waals surface area contributed by atoms with Crippen LogP contribution in [0.15, 0.2) is 23.8 Å². The van der Waals surface area contributed by atoms with Crippen molar-refractivity contribution < 1.29 is 0 Å². The summed E-state index contributed by atoms with van der Waals surface area (Å²) in [5.41, 5.74) is 1.80. The van der Waals surface area contributed by atoms with Crippen LogP contribution in [0, 0.1) is 11.8 Å². The molecule has 1 rings (SSSR count). The lowest BCUT2D eigenvalue weighted by molar-refractivity contribution is 0.303. The summed E-state index contributed by atoms with van der Waals surface area (Å²) < 4.78 is 0. The molecule has 98 valence electrons. The predicted molar refractivity (Wildman–Crippen MR) is 77.4 cm³/mol. The molecule has 1 aliphatic rings. The number of nitrogens with zero attached hydrogens (tertiary/aromatic N) is 1. The van der Waals surface area contributed by atoms with Crippen LogP contribution in [0.1, 0.15) is 53.4 Å². The molecule has 0 bridgehead atoms. The van der Waals surface area contributed by atoms with Crippen LogP contribution in [0.4, 0.5) is 0 Å². The van der Waals surface area contributed by atoms with Gasteiger partial charge >= 0.3 is 0 Å². The van der Waals surface area contributed by atoms with Gasteiger partial charge in [-0.15, -0.1) is 5.54 Å². The fourth-order valence-electron chi connectivity index (χ4n) is 2.48. The van der Waals surface area contributed by atoms with Crippen LogP contribution in [0.3, 0.4) is 0 Å². The second-order valence-electron chi connectivity index (χ2n) is 6.03. The number of rotatable bonds is 4. The molecule has 0 saturated heterocycles. The second kappa shape index (κ2) is 6.39. The molecule has 1 fully saturated rings. The van der Waals surface area contributed by atoms with Gasteiger partial charge in [0, 0.05) is 0 Å². The van der Waals surface area contributed by atoms with Crippen molar-refractivity contribution in [1.82, 2.24) is 0 Å². The molecular weight excluding hydrogens is 206 g/mol. The topological polar surface area (TPSA) is 14.1 Å². The van der Waals surface area contributed by atoms with E-state index < -0.39 is 0 Å². The van der Waals surface area contributed by atoms with E-state index in [4.69, 9.17) is 0 Å². The average molecular weight is 234 g/mol. The van der Waals surface area contributed by atoms with Crippen LogP contribution in [-0.4, -0.2) is 12.6 Å².